The van der Waals surface area contributed by atoms with Crippen LogP contribution in [-0.4, -0.2) is 0 Å². The van der Waals surface area contributed by atoms with Gasteiger partial charge in [0.15, 0.2) is 0 Å². The molecule has 1 atom stereocenters. The molecule has 0 spiro atoms. The van der Waals surface area contributed by atoms with Crippen LogP contribution in [0.4, 0.5) is 0 Å². The predicted molar refractivity (Wildman–Crippen MR) is 63.8 cm³/mol. The van der Waals surface area contributed by atoms with Crippen molar-refractivity contribution in [2.24, 2.45) is 0 Å². The Bertz CT molecular complexity index is 310. The number of hydrogen-bond donors (Lipinski definition) is 0. The van der Waals surface area contributed by atoms with Crippen LogP contribution < -0.4 is 0 Å². The fraction of sp³-hybridized carbons (Fsp3) is 0.429. The molecule has 14 heavy (non-hydrogen) atoms. The summed E-state index contributed by atoms with van der Waals surface area (Å²) in [4.78, 5) is 0. The van der Waals surface area contributed by atoms with E-state index in [0.717, 1.165) is 0 Å². The van der Waals surface area contributed by atoms with E-state index in [0.29, 0.717) is 5.92 Å². The maximum atomic E-state index is 3.87. The van der Waals surface area contributed by atoms with Crippen LogP contribution in [0.2, 0.25) is 0 Å². The maximum absolute atomic E-state index is 3.87. The van der Waals surface area contributed by atoms with Gasteiger partial charge in [-0.25, -0.2) is 0 Å². The van der Waals surface area contributed by atoms with Crippen molar-refractivity contribution in [3.63, 3.8) is 0 Å². The van der Waals surface area contributed by atoms with Gasteiger partial charge < -0.3 is 0 Å². The van der Waals surface area contributed by atoms with Crippen LogP contribution in [-0.2, 0) is 6.42 Å². The van der Waals surface area contributed by atoms with E-state index in [1.165, 1.54) is 29.5 Å². The van der Waals surface area contributed by atoms with Gasteiger partial charge in [-0.1, -0.05) is 50.1 Å². The van der Waals surface area contributed by atoms with Gasteiger partial charge in [0.2, 0.25) is 0 Å². The molecule has 1 aromatic rings. The Morgan fingerprint density at radius 1 is 1.43 bits per heavy atom. The lowest BCUT2D eigenvalue weighted by Gasteiger charge is -2.13. The van der Waals surface area contributed by atoms with Crippen molar-refractivity contribution in [1.82, 2.24) is 0 Å². The largest absolute Gasteiger partial charge is 0.102 e. The Hall–Kier alpha value is -1.04. The molecule has 0 saturated heterocycles. The Kier molecular flexibility index (Phi) is 3.94. The van der Waals surface area contributed by atoms with Gasteiger partial charge in [0.25, 0.3) is 0 Å². The van der Waals surface area contributed by atoms with Crippen LogP contribution in [0.1, 0.15) is 42.9 Å². The summed E-state index contributed by atoms with van der Waals surface area (Å²) in [6.45, 7) is 10.4. The van der Waals surface area contributed by atoms with Crippen LogP contribution in [0.15, 0.2) is 30.9 Å². The fourth-order valence-corrected chi connectivity index (χ4v) is 1.76. The minimum absolute atomic E-state index is 0.469. The van der Waals surface area contributed by atoms with E-state index in [1.807, 2.05) is 6.08 Å². The molecular weight excluding hydrogens is 168 g/mol. The summed E-state index contributed by atoms with van der Waals surface area (Å²) >= 11 is 0. The molecule has 0 radical (unpaired) electrons. The summed E-state index contributed by atoms with van der Waals surface area (Å²) in [5, 5.41) is 0. The van der Waals surface area contributed by atoms with Crippen LogP contribution >= 0.6 is 0 Å². The van der Waals surface area contributed by atoms with Crippen molar-refractivity contribution in [2.45, 2.75) is 39.5 Å². The Labute approximate surface area is 87.7 Å². The van der Waals surface area contributed by atoms with Gasteiger partial charge >= 0.3 is 0 Å². The summed E-state index contributed by atoms with van der Waals surface area (Å²) in [5.41, 5.74) is 4.26. The SMILES string of the molecule is C=CC(C)c1cc(C)ccc1CCC. The topological polar surface area (TPSA) is 0 Å². The van der Waals surface area contributed by atoms with Crippen LogP contribution in [0.5, 0.6) is 0 Å². The van der Waals surface area contributed by atoms with E-state index in [9.17, 15) is 0 Å². The molecule has 0 fully saturated rings. The third-order valence-electron chi connectivity index (χ3n) is 2.66. The van der Waals surface area contributed by atoms with Crippen molar-refractivity contribution < 1.29 is 0 Å². The van der Waals surface area contributed by atoms with E-state index in [4.69, 9.17) is 0 Å². The van der Waals surface area contributed by atoms with Gasteiger partial charge in [-0.15, -0.1) is 6.58 Å². The smallest absolute Gasteiger partial charge is 0.00103 e. The molecule has 76 valence electrons. The van der Waals surface area contributed by atoms with E-state index in [1.54, 1.807) is 0 Å². The predicted octanol–water partition coefficient (Wildman–Crippen LogP) is 4.24. The normalized spacial score (nSPS) is 12.5. The zero-order chi connectivity index (χ0) is 10.6. The first-order valence-electron chi connectivity index (χ1n) is 5.41. The van der Waals surface area contributed by atoms with Crippen molar-refractivity contribution >= 4 is 0 Å². The van der Waals surface area contributed by atoms with Crippen molar-refractivity contribution in [2.75, 3.05) is 0 Å². The zero-order valence-electron chi connectivity index (χ0n) is 9.51. The molecule has 0 bridgehead atoms. The summed E-state index contributed by atoms with van der Waals surface area (Å²) in [7, 11) is 0. The van der Waals surface area contributed by atoms with E-state index >= 15 is 0 Å². The molecule has 1 unspecified atom stereocenters. The van der Waals surface area contributed by atoms with Gasteiger partial charge in [0.05, 0.1) is 0 Å². The van der Waals surface area contributed by atoms with Crippen molar-refractivity contribution in [3.8, 4) is 0 Å². The van der Waals surface area contributed by atoms with Gasteiger partial charge in [-0.3, -0.25) is 0 Å². The number of rotatable bonds is 4. The molecule has 1 rings (SSSR count). The molecular formula is C14H20. The molecule has 0 aliphatic carbocycles. The van der Waals surface area contributed by atoms with E-state index in [2.05, 4.69) is 45.5 Å². The molecule has 0 aromatic heterocycles. The summed E-state index contributed by atoms with van der Waals surface area (Å²) < 4.78 is 0. The zero-order valence-corrected chi connectivity index (χ0v) is 9.51. The second kappa shape index (κ2) is 4.99. The molecule has 0 aliphatic heterocycles. The lowest BCUT2D eigenvalue weighted by molar-refractivity contribution is 0.868. The average molecular weight is 188 g/mol. The second-order valence-corrected chi connectivity index (χ2v) is 3.98. The maximum Gasteiger partial charge on any atom is -0.00103 e. The number of allylic oxidation sites excluding steroid dienone is 1. The summed E-state index contributed by atoms with van der Waals surface area (Å²) in [5.74, 6) is 0.469. The molecule has 1 aromatic carbocycles. The summed E-state index contributed by atoms with van der Waals surface area (Å²) in [6.07, 6.45) is 4.40. The second-order valence-electron chi connectivity index (χ2n) is 3.98. The highest BCUT2D eigenvalue weighted by atomic mass is 14.1. The van der Waals surface area contributed by atoms with Crippen LogP contribution in [0.25, 0.3) is 0 Å². The molecule has 0 aliphatic rings. The summed E-state index contributed by atoms with van der Waals surface area (Å²) in [6, 6.07) is 6.75. The molecule has 0 amide bonds. The first-order chi connectivity index (χ1) is 6.69. The third kappa shape index (κ3) is 2.47. The minimum atomic E-state index is 0.469. The number of benzene rings is 1. The van der Waals surface area contributed by atoms with Crippen LogP contribution in [0, 0.1) is 6.92 Å². The number of hydrogen-bond acceptors (Lipinski definition) is 0. The highest BCUT2D eigenvalue weighted by Crippen LogP contribution is 2.23. The average Bonchev–Trinajstić information content (AvgIpc) is 2.20. The first-order valence-corrected chi connectivity index (χ1v) is 5.41. The Balaban J connectivity index is 3.08. The molecule has 0 heterocycles. The van der Waals surface area contributed by atoms with E-state index < -0.39 is 0 Å². The molecule has 0 N–H and O–H groups in total. The van der Waals surface area contributed by atoms with E-state index in [-0.39, 0.29) is 0 Å². The lowest BCUT2D eigenvalue weighted by Crippen LogP contribution is -1.97. The molecule has 0 saturated carbocycles. The quantitative estimate of drug-likeness (QED) is 0.620. The molecule has 0 heteroatoms. The van der Waals surface area contributed by atoms with Gasteiger partial charge in [-0.05, 0) is 30.4 Å². The lowest BCUT2D eigenvalue weighted by atomic mass is 9.92. The molecule has 0 nitrogen and oxygen atoms in total. The number of aryl methyl sites for hydroxylation is 2. The Morgan fingerprint density at radius 2 is 2.14 bits per heavy atom. The van der Waals surface area contributed by atoms with Gasteiger partial charge in [0.1, 0.15) is 0 Å². The van der Waals surface area contributed by atoms with Gasteiger partial charge in [-0.2, -0.15) is 0 Å². The van der Waals surface area contributed by atoms with Crippen LogP contribution in [0.3, 0.4) is 0 Å². The monoisotopic (exact) mass is 188 g/mol. The Morgan fingerprint density at radius 3 is 2.71 bits per heavy atom. The first kappa shape index (κ1) is 11.0. The highest BCUT2D eigenvalue weighted by Gasteiger charge is 2.06. The van der Waals surface area contributed by atoms with Crippen molar-refractivity contribution in [1.29, 1.82) is 0 Å². The third-order valence-corrected chi connectivity index (χ3v) is 2.66. The van der Waals surface area contributed by atoms with Crippen molar-refractivity contribution in [3.05, 3.63) is 47.5 Å². The highest BCUT2D eigenvalue weighted by molar-refractivity contribution is 5.35. The fourth-order valence-electron chi connectivity index (χ4n) is 1.76. The van der Waals surface area contributed by atoms with Gasteiger partial charge in [0, 0.05) is 0 Å². The standard InChI is InChI=1S/C14H20/c1-5-7-13-9-8-11(3)10-14(13)12(4)6-2/h6,8-10,12H,2,5,7H2,1,3-4H3. The minimum Gasteiger partial charge on any atom is -0.102 e.